The van der Waals surface area contributed by atoms with Gasteiger partial charge in [-0.25, -0.2) is 0 Å². The van der Waals surface area contributed by atoms with E-state index in [1.165, 1.54) is 0 Å². The number of nitrogens with zero attached hydrogens (tertiary/aromatic N) is 1. The molecule has 0 saturated carbocycles. The number of hydrogen-bond acceptors (Lipinski definition) is 2. The van der Waals surface area contributed by atoms with Gasteiger partial charge in [-0.15, -0.1) is 11.6 Å². The first-order chi connectivity index (χ1) is 6.66. The highest BCUT2D eigenvalue weighted by Crippen LogP contribution is 2.20. The first-order valence-electron chi connectivity index (χ1n) is 5.20. The topological polar surface area (TPSA) is 40.5 Å². The van der Waals surface area contributed by atoms with Crippen molar-refractivity contribution in [2.45, 2.75) is 44.8 Å². The maximum absolute atomic E-state index is 11.6. The average Bonchev–Trinajstić information content (AvgIpc) is 2.18. The predicted octanol–water partition coefficient (Wildman–Crippen LogP) is 1.38. The summed E-state index contributed by atoms with van der Waals surface area (Å²) < 4.78 is 0. The summed E-state index contributed by atoms with van der Waals surface area (Å²) >= 11 is 5.53. The van der Waals surface area contributed by atoms with Crippen LogP contribution in [0.25, 0.3) is 0 Å². The van der Waals surface area contributed by atoms with E-state index in [9.17, 15) is 9.90 Å². The maximum atomic E-state index is 11.6. The molecule has 0 radical (unpaired) electrons. The molecule has 0 aliphatic carbocycles. The monoisotopic (exact) mass is 219 g/mol. The summed E-state index contributed by atoms with van der Waals surface area (Å²) in [4.78, 5) is 13.4. The minimum atomic E-state index is -0.436. The number of carbonyl (C=O) groups is 1. The van der Waals surface area contributed by atoms with Crippen molar-refractivity contribution < 1.29 is 9.90 Å². The Morgan fingerprint density at radius 3 is 2.93 bits per heavy atom. The second kappa shape index (κ2) is 5.56. The van der Waals surface area contributed by atoms with Crippen molar-refractivity contribution in [2.75, 3.05) is 12.4 Å². The van der Waals surface area contributed by atoms with E-state index >= 15 is 0 Å². The Morgan fingerprint density at radius 1 is 1.64 bits per heavy atom. The second-order valence-corrected chi connectivity index (χ2v) is 4.21. The van der Waals surface area contributed by atoms with Crippen LogP contribution in [0.15, 0.2) is 0 Å². The van der Waals surface area contributed by atoms with Crippen molar-refractivity contribution in [1.29, 1.82) is 0 Å². The third kappa shape index (κ3) is 2.85. The van der Waals surface area contributed by atoms with Gasteiger partial charge >= 0.3 is 0 Å². The molecular weight excluding hydrogens is 202 g/mol. The van der Waals surface area contributed by atoms with Crippen LogP contribution >= 0.6 is 11.6 Å². The Hall–Kier alpha value is -0.280. The molecule has 1 heterocycles. The number of rotatable bonds is 3. The molecule has 2 atom stereocenters. The summed E-state index contributed by atoms with van der Waals surface area (Å²) in [6.07, 6.45) is 2.99. The largest absolute Gasteiger partial charge is 0.391 e. The number of alkyl halides is 1. The highest BCUT2D eigenvalue weighted by Gasteiger charge is 2.29. The van der Waals surface area contributed by atoms with Gasteiger partial charge in [0.05, 0.1) is 12.1 Å². The Kier molecular flexibility index (Phi) is 4.69. The van der Waals surface area contributed by atoms with E-state index in [1.54, 1.807) is 11.8 Å². The summed E-state index contributed by atoms with van der Waals surface area (Å²) in [5, 5.41) is 9.54. The Balaban J connectivity index is 2.57. The standard InChI is InChI=1S/C10H18ClNO2/c1-8(13)9-4-2-3-7-12(9)10(14)5-6-11/h8-9,13H,2-7H2,1H3/t8-,9-/m0/s1. The van der Waals surface area contributed by atoms with Crippen molar-refractivity contribution in [3.63, 3.8) is 0 Å². The van der Waals surface area contributed by atoms with Crippen LogP contribution in [-0.4, -0.2) is 40.5 Å². The molecule has 0 spiro atoms. The third-order valence-corrected chi connectivity index (χ3v) is 2.92. The van der Waals surface area contributed by atoms with Crippen LogP contribution in [0.2, 0.25) is 0 Å². The van der Waals surface area contributed by atoms with Crippen molar-refractivity contribution in [3.05, 3.63) is 0 Å². The molecule has 1 N–H and O–H groups in total. The number of halogens is 1. The summed E-state index contributed by atoms with van der Waals surface area (Å²) in [6, 6.07) is -0.000494. The quantitative estimate of drug-likeness (QED) is 0.729. The van der Waals surface area contributed by atoms with Gasteiger partial charge in [-0.05, 0) is 26.2 Å². The lowest BCUT2D eigenvalue weighted by molar-refractivity contribution is -0.137. The van der Waals surface area contributed by atoms with E-state index in [4.69, 9.17) is 11.6 Å². The molecule has 14 heavy (non-hydrogen) atoms. The van der Waals surface area contributed by atoms with Crippen molar-refractivity contribution in [2.24, 2.45) is 0 Å². The van der Waals surface area contributed by atoms with Gasteiger partial charge in [0.15, 0.2) is 0 Å². The average molecular weight is 220 g/mol. The van der Waals surface area contributed by atoms with Gasteiger partial charge < -0.3 is 10.0 Å². The number of aliphatic hydroxyl groups excluding tert-OH is 1. The third-order valence-electron chi connectivity index (χ3n) is 2.73. The van der Waals surface area contributed by atoms with Gasteiger partial charge in [0, 0.05) is 18.8 Å². The lowest BCUT2D eigenvalue weighted by Crippen LogP contribution is -2.48. The van der Waals surface area contributed by atoms with Gasteiger partial charge in [-0.1, -0.05) is 0 Å². The minimum absolute atomic E-state index is 0.000494. The smallest absolute Gasteiger partial charge is 0.224 e. The first-order valence-corrected chi connectivity index (χ1v) is 5.73. The van der Waals surface area contributed by atoms with E-state index < -0.39 is 6.10 Å². The molecule has 1 rings (SSSR count). The lowest BCUT2D eigenvalue weighted by atomic mass is 9.98. The fraction of sp³-hybridized carbons (Fsp3) is 0.900. The second-order valence-electron chi connectivity index (χ2n) is 3.83. The zero-order valence-corrected chi connectivity index (χ0v) is 9.33. The fourth-order valence-corrected chi connectivity index (χ4v) is 2.15. The van der Waals surface area contributed by atoms with Gasteiger partial charge in [0.1, 0.15) is 0 Å². The number of likely N-dealkylation sites (tertiary alicyclic amines) is 1. The molecule has 1 aliphatic heterocycles. The van der Waals surface area contributed by atoms with Crippen molar-refractivity contribution >= 4 is 17.5 Å². The number of aliphatic hydroxyl groups is 1. The van der Waals surface area contributed by atoms with Gasteiger partial charge in [0.2, 0.25) is 5.91 Å². The van der Waals surface area contributed by atoms with E-state index in [2.05, 4.69) is 0 Å². The maximum Gasteiger partial charge on any atom is 0.224 e. The van der Waals surface area contributed by atoms with Gasteiger partial charge in [-0.2, -0.15) is 0 Å². The number of hydrogen-bond donors (Lipinski definition) is 1. The Bertz CT molecular complexity index is 197. The number of amides is 1. The van der Waals surface area contributed by atoms with Crippen LogP contribution in [0.1, 0.15) is 32.6 Å². The zero-order chi connectivity index (χ0) is 10.6. The van der Waals surface area contributed by atoms with Gasteiger partial charge in [-0.3, -0.25) is 4.79 Å². The lowest BCUT2D eigenvalue weighted by Gasteiger charge is -2.37. The summed E-state index contributed by atoms with van der Waals surface area (Å²) in [7, 11) is 0. The highest BCUT2D eigenvalue weighted by molar-refractivity contribution is 6.18. The molecular formula is C10H18ClNO2. The Morgan fingerprint density at radius 2 is 2.36 bits per heavy atom. The molecule has 0 aromatic rings. The van der Waals surface area contributed by atoms with E-state index in [-0.39, 0.29) is 11.9 Å². The van der Waals surface area contributed by atoms with Crippen LogP contribution in [0.3, 0.4) is 0 Å². The number of piperidine rings is 1. The van der Waals surface area contributed by atoms with Crippen LogP contribution in [0, 0.1) is 0 Å². The van der Waals surface area contributed by atoms with Crippen molar-refractivity contribution in [3.8, 4) is 0 Å². The molecule has 0 aromatic carbocycles. The molecule has 4 heteroatoms. The molecule has 0 aromatic heterocycles. The van der Waals surface area contributed by atoms with Crippen LogP contribution in [0.4, 0.5) is 0 Å². The van der Waals surface area contributed by atoms with Gasteiger partial charge in [0.25, 0.3) is 0 Å². The molecule has 3 nitrogen and oxygen atoms in total. The normalized spacial score (nSPS) is 24.8. The van der Waals surface area contributed by atoms with Crippen LogP contribution in [-0.2, 0) is 4.79 Å². The minimum Gasteiger partial charge on any atom is -0.391 e. The summed E-state index contributed by atoms with van der Waals surface area (Å²) in [5.41, 5.74) is 0. The van der Waals surface area contributed by atoms with E-state index in [0.29, 0.717) is 12.3 Å². The first kappa shape index (κ1) is 11.8. The number of carbonyl (C=O) groups excluding carboxylic acids is 1. The Labute approximate surface area is 90.0 Å². The molecule has 0 bridgehead atoms. The molecule has 82 valence electrons. The molecule has 0 unspecified atom stereocenters. The SMILES string of the molecule is C[C@H](O)[C@@H]1CCCCN1C(=O)CCCl. The summed E-state index contributed by atoms with van der Waals surface area (Å²) in [6.45, 7) is 2.52. The predicted molar refractivity (Wildman–Crippen MR) is 56.4 cm³/mol. The molecule has 1 amide bonds. The summed E-state index contributed by atoms with van der Waals surface area (Å²) in [5.74, 6) is 0.438. The van der Waals surface area contributed by atoms with E-state index in [1.807, 2.05) is 0 Å². The fourth-order valence-electron chi connectivity index (χ4n) is 1.99. The van der Waals surface area contributed by atoms with E-state index in [0.717, 1.165) is 25.8 Å². The highest BCUT2D eigenvalue weighted by atomic mass is 35.5. The molecule has 1 aliphatic rings. The van der Waals surface area contributed by atoms with Crippen LogP contribution in [0.5, 0.6) is 0 Å². The molecule has 1 fully saturated rings. The van der Waals surface area contributed by atoms with Crippen LogP contribution < -0.4 is 0 Å². The van der Waals surface area contributed by atoms with Crippen molar-refractivity contribution in [1.82, 2.24) is 4.90 Å². The zero-order valence-electron chi connectivity index (χ0n) is 8.58. The molecule has 1 saturated heterocycles.